The molecule has 0 radical (unpaired) electrons. The molecule has 0 aliphatic carbocycles. The maximum Gasteiger partial charge on any atom is 0.177 e. The molecule has 0 aromatic heterocycles. The monoisotopic (exact) mass is 228 g/mol. The average molecular weight is 229 g/mol. The van der Waals surface area contributed by atoms with Gasteiger partial charge in [0, 0.05) is 10.5 Å². The van der Waals surface area contributed by atoms with Gasteiger partial charge in [-0.1, -0.05) is 19.1 Å². The summed E-state index contributed by atoms with van der Waals surface area (Å²) < 4.78 is 0. The van der Waals surface area contributed by atoms with Crippen molar-refractivity contribution in [2.24, 2.45) is 0 Å². The number of carbonyl (C=O) groups is 1. The molecule has 0 unspecified atom stereocenters. The quantitative estimate of drug-likeness (QED) is 0.435. The van der Waals surface area contributed by atoms with E-state index in [9.17, 15) is 4.79 Å². The minimum Gasteiger partial charge on any atom is -0.293 e. The molecule has 0 spiro atoms. The Bertz CT molecular complexity index is 295. The Morgan fingerprint density at radius 3 is 2.50 bits per heavy atom. The number of rotatable bonds is 5. The summed E-state index contributed by atoms with van der Waals surface area (Å²) in [4.78, 5) is 12.4. The van der Waals surface area contributed by atoms with E-state index in [1.54, 1.807) is 11.8 Å². The van der Waals surface area contributed by atoms with Gasteiger partial charge < -0.3 is 0 Å². The van der Waals surface area contributed by atoms with Crippen LogP contribution in [0.15, 0.2) is 29.2 Å². The Balaban J connectivity index is 2.63. The van der Waals surface area contributed by atoms with E-state index in [1.807, 2.05) is 24.3 Å². The van der Waals surface area contributed by atoms with Crippen LogP contribution in [0.25, 0.3) is 0 Å². The molecule has 0 N–H and O–H groups in total. The number of alkyl halides is 1. The van der Waals surface area contributed by atoms with Crippen LogP contribution in [-0.2, 0) is 0 Å². The predicted octanol–water partition coefficient (Wildman–Crippen LogP) is 3.61. The lowest BCUT2D eigenvalue weighted by Crippen LogP contribution is -1.99. The van der Waals surface area contributed by atoms with Crippen molar-refractivity contribution in [1.82, 2.24) is 0 Å². The summed E-state index contributed by atoms with van der Waals surface area (Å²) in [5, 5.41) is 0. The Kier molecular flexibility index (Phi) is 5.05. The molecule has 0 fully saturated rings. The van der Waals surface area contributed by atoms with Crippen molar-refractivity contribution in [3.05, 3.63) is 29.8 Å². The van der Waals surface area contributed by atoms with Crippen LogP contribution in [0.4, 0.5) is 0 Å². The minimum atomic E-state index is -0.0151. The van der Waals surface area contributed by atoms with Gasteiger partial charge in [0.1, 0.15) is 0 Å². The van der Waals surface area contributed by atoms with Gasteiger partial charge in [-0.05, 0) is 24.3 Å². The highest BCUT2D eigenvalue weighted by Gasteiger charge is 2.02. The smallest absolute Gasteiger partial charge is 0.177 e. The third-order valence-electron chi connectivity index (χ3n) is 1.77. The van der Waals surface area contributed by atoms with Crippen molar-refractivity contribution in [3.63, 3.8) is 0 Å². The summed E-state index contributed by atoms with van der Waals surface area (Å²) in [5.74, 6) is 1.16. The highest BCUT2D eigenvalue weighted by atomic mass is 35.5. The summed E-state index contributed by atoms with van der Waals surface area (Å²) in [6.07, 6.45) is 1.16. The van der Waals surface area contributed by atoms with Crippen LogP contribution in [0.5, 0.6) is 0 Å². The zero-order valence-electron chi connectivity index (χ0n) is 8.13. The normalized spacial score (nSPS) is 10.1. The van der Waals surface area contributed by atoms with E-state index in [4.69, 9.17) is 11.6 Å². The second kappa shape index (κ2) is 6.10. The maximum absolute atomic E-state index is 11.2. The topological polar surface area (TPSA) is 17.1 Å². The van der Waals surface area contributed by atoms with E-state index in [0.29, 0.717) is 5.56 Å². The first-order valence-corrected chi connectivity index (χ1v) is 6.12. The fourth-order valence-electron chi connectivity index (χ4n) is 1.03. The van der Waals surface area contributed by atoms with Gasteiger partial charge in [0.2, 0.25) is 0 Å². The molecule has 0 atom stereocenters. The van der Waals surface area contributed by atoms with E-state index in [0.717, 1.165) is 12.2 Å². The molecular weight excluding hydrogens is 216 g/mol. The number of hydrogen-bond donors (Lipinski definition) is 0. The van der Waals surface area contributed by atoms with Crippen LogP contribution >= 0.6 is 23.4 Å². The molecular formula is C11H13ClOS. The Morgan fingerprint density at radius 2 is 2.00 bits per heavy atom. The summed E-state index contributed by atoms with van der Waals surface area (Å²) in [6, 6.07) is 7.62. The van der Waals surface area contributed by atoms with Gasteiger partial charge in [0.15, 0.2) is 5.78 Å². The zero-order chi connectivity index (χ0) is 10.4. The lowest BCUT2D eigenvalue weighted by atomic mass is 10.1. The second-order valence-corrected chi connectivity index (χ2v) is 4.37. The predicted molar refractivity (Wildman–Crippen MR) is 62.5 cm³/mol. The minimum absolute atomic E-state index is 0.0151. The van der Waals surface area contributed by atoms with Gasteiger partial charge in [-0.15, -0.1) is 23.4 Å². The molecule has 0 amide bonds. The van der Waals surface area contributed by atoms with E-state index in [2.05, 4.69) is 6.92 Å². The highest BCUT2D eigenvalue weighted by molar-refractivity contribution is 7.99. The average Bonchev–Trinajstić information content (AvgIpc) is 2.26. The number of Topliss-reactive ketones (excluding diaryl/α,β-unsaturated/α-hetero) is 1. The third kappa shape index (κ3) is 3.35. The largest absolute Gasteiger partial charge is 0.293 e. The fourth-order valence-corrected chi connectivity index (χ4v) is 1.96. The van der Waals surface area contributed by atoms with Crippen molar-refractivity contribution < 1.29 is 4.79 Å². The number of hydrogen-bond acceptors (Lipinski definition) is 2. The lowest BCUT2D eigenvalue weighted by molar-refractivity contribution is 0.102. The Hall–Kier alpha value is -0.470. The summed E-state index contributed by atoms with van der Waals surface area (Å²) in [5.41, 5.74) is 0.695. The maximum atomic E-state index is 11.2. The van der Waals surface area contributed by atoms with Crippen LogP contribution in [0.2, 0.25) is 0 Å². The number of thioether (sulfide) groups is 1. The first kappa shape index (κ1) is 11.6. The van der Waals surface area contributed by atoms with Gasteiger partial charge >= 0.3 is 0 Å². The summed E-state index contributed by atoms with van der Waals surface area (Å²) in [7, 11) is 0. The fraction of sp³-hybridized carbons (Fsp3) is 0.364. The van der Waals surface area contributed by atoms with Gasteiger partial charge in [-0.3, -0.25) is 4.79 Å². The van der Waals surface area contributed by atoms with Gasteiger partial charge in [-0.25, -0.2) is 0 Å². The highest BCUT2D eigenvalue weighted by Crippen LogP contribution is 2.19. The molecule has 0 saturated heterocycles. The molecule has 0 saturated carbocycles. The zero-order valence-corrected chi connectivity index (χ0v) is 9.70. The van der Waals surface area contributed by atoms with Crippen molar-refractivity contribution in [2.75, 3.05) is 11.6 Å². The summed E-state index contributed by atoms with van der Waals surface area (Å²) in [6.45, 7) is 2.15. The van der Waals surface area contributed by atoms with Crippen LogP contribution in [0.3, 0.4) is 0 Å². The van der Waals surface area contributed by atoms with Crippen LogP contribution in [0.1, 0.15) is 23.7 Å². The van der Waals surface area contributed by atoms with Crippen molar-refractivity contribution in [1.29, 1.82) is 0 Å². The number of halogens is 1. The number of ketones is 1. The van der Waals surface area contributed by atoms with E-state index in [-0.39, 0.29) is 11.7 Å². The molecule has 76 valence electrons. The lowest BCUT2D eigenvalue weighted by Gasteiger charge is -2.01. The van der Waals surface area contributed by atoms with Gasteiger partial charge in [-0.2, -0.15) is 0 Å². The third-order valence-corrected chi connectivity index (χ3v) is 3.23. The molecule has 0 aliphatic heterocycles. The van der Waals surface area contributed by atoms with E-state index >= 15 is 0 Å². The number of benzene rings is 1. The first-order chi connectivity index (χ1) is 6.77. The van der Waals surface area contributed by atoms with Gasteiger partial charge in [0.05, 0.1) is 5.88 Å². The molecule has 0 heterocycles. The first-order valence-electron chi connectivity index (χ1n) is 4.60. The molecule has 1 rings (SSSR count). The molecule has 1 nitrogen and oxygen atoms in total. The standard InChI is InChI=1S/C11H13ClOS/c1-2-7-14-10-5-3-9(4-6-10)11(13)8-12/h3-6H,2,7-8H2,1H3. The van der Waals surface area contributed by atoms with Crippen molar-refractivity contribution >= 4 is 29.1 Å². The van der Waals surface area contributed by atoms with E-state index in [1.165, 1.54) is 4.90 Å². The Morgan fingerprint density at radius 1 is 1.36 bits per heavy atom. The number of carbonyl (C=O) groups excluding carboxylic acids is 1. The van der Waals surface area contributed by atoms with Crippen molar-refractivity contribution in [3.8, 4) is 0 Å². The SMILES string of the molecule is CCCSc1ccc(C(=O)CCl)cc1. The van der Waals surface area contributed by atoms with Gasteiger partial charge in [0.25, 0.3) is 0 Å². The van der Waals surface area contributed by atoms with Crippen molar-refractivity contribution in [2.45, 2.75) is 18.2 Å². The van der Waals surface area contributed by atoms with Crippen LogP contribution < -0.4 is 0 Å². The summed E-state index contributed by atoms with van der Waals surface area (Å²) >= 11 is 7.26. The van der Waals surface area contributed by atoms with Crippen LogP contribution in [0, 0.1) is 0 Å². The molecule has 3 heteroatoms. The molecule has 14 heavy (non-hydrogen) atoms. The van der Waals surface area contributed by atoms with Crippen LogP contribution in [-0.4, -0.2) is 17.4 Å². The molecule has 1 aromatic carbocycles. The molecule has 0 bridgehead atoms. The van der Waals surface area contributed by atoms with E-state index < -0.39 is 0 Å². The Labute approximate surface area is 93.8 Å². The molecule has 1 aromatic rings. The second-order valence-electron chi connectivity index (χ2n) is 2.93. The molecule has 0 aliphatic rings.